The molecule has 6 atom stereocenters. The molecule has 250 valence electrons. The molecule has 49 heavy (non-hydrogen) atoms. The van der Waals surface area contributed by atoms with Crippen molar-refractivity contribution >= 4 is 52.5 Å². The maximum absolute atomic E-state index is 15.3. The summed E-state index contributed by atoms with van der Waals surface area (Å²) in [6.45, 7) is 0. The van der Waals surface area contributed by atoms with E-state index in [0.29, 0.717) is 38.8 Å². The van der Waals surface area contributed by atoms with Crippen LogP contribution in [0.2, 0.25) is 10.0 Å². The zero-order valence-corrected chi connectivity index (χ0v) is 27.4. The van der Waals surface area contributed by atoms with E-state index in [1.54, 1.807) is 54.8 Å². The van der Waals surface area contributed by atoms with Gasteiger partial charge in [-0.2, -0.15) is 10.1 Å². The molecule has 5 aliphatic rings. The smallest absolute Gasteiger partial charge is 0.260 e. The number of imide groups is 2. The third-order valence-electron chi connectivity index (χ3n) is 10.7. The van der Waals surface area contributed by atoms with E-state index in [1.807, 2.05) is 6.08 Å². The molecule has 6 unspecified atom stereocenters. The van der Waals surface area contributed by atoms with E-state index in [-0.39, 0.29) is 40.8 Å². The van der Waals surface area contributed by atoms with Gasteiger partial charge < -0.3 is 14.6 Å². The number of hydrogen-bond acceptors (Lipinski definition) is 9. The number of phenolic OH excluding ortho intramolecular Hbond substituents is 1. The van der Waals surface area contributed by atoms with Crippen LogP contribution in [0.1, 0.15) is 24.0 Å². The minimum atomic E-state index is -1.56. The molecule has 3 heterocycles. The van der Waals surface area contributed by atoms with Crippen molar-refractivity contribution in [1.29, 1.82) is 0 Å². The third kappa shape index (κ3) is 4.52. The number of rotatable bonds is 5. The first kappa shape index (κ1) is 31.4. The minimum absolute atomic E-state index is 0.0352. The van der Waals surface area contributed by atoms with E-state index in [0.717, 1.165) is 5.01 Å². The molecule has 4 amide bonds. The van der Waals surface area contributed by atoms with E-state index in [9.17, 15) is 24.7 Å². The molecule has 0 spiro atoms. The standard InChI is InChI=1S/C36H29Cl2N3O8/c1-48-22-6-2-19(3-7-22)36-26(33(44)40(35(36)46)39-28-10-4-20(37)14-27(28)38)15-25-23(8-9-24-30(25)34(45)41(47)32(24)43)31(36)18-12-17-13-21(42)5-11-29(17)49-16-18/h2-8,10-11,13-14,16,24-26,30-31,39,42,47H,9,12,15H2,1H3. The summed E-state index contributed by atoms with van der Waals surface area (Å²) in [6, 6.07) is 16.4. The van der Waals surface area contributed by atoms with Crippen molar-refractivity contribution in [1.82, 2.24) is 10.1 Å². The number of phenols is 1. The Morgan fingerprint density at radius 2 is 1.73 bits per heavy atom. The number of hydroxylamine groups is 2. The normalized spacial score (nSPS) is 28.6. The summed E-state index contributed by atoms with van der Waals surface area (Å²) in [4.78, 5) is 56.4. The second kappa shape index (κ2) is 11.4. The lowest BCUT2D eigenvalue weighted by atomic mass is 9.48. The fourth-order valence-corrected chi connectivity index (χ4v) is 9.09. The number of allylic oxidation sites excluding steroid dienone is 3. The summed E-state index contributed by atoms with van der Waals surface area (Å²) in [6.07, 6.45) is 3.92. The SMILES string of the molecule is COc1ccc(C23C(=O)N(Nc4ccc(Cl)cc4Cl)C(=O)C2CC2C(=CCC4C(=O)N(O)C(=O)C42)C3C2=COc3ccc(O)cc3C2)cc1. The molecule has 2 saturated heterocycles. The number of carbonyl (C=O) groups is 4. The van der Waals surface area contributed by atoms with E-state index < -0.39 is 58.6 Å². The first-order chi connectivity index (χ1) is 23.5. The van der Waals surface area contributed by atoms with Gasteiger partial charge in [0.2, 0.25) is 0 Å². The summed E-state index contributed by atoms with van der Waals surface area (Å²) >= 11 is 12.6. The highest BCUT2D eigenvalue weighted by atomic mass is 35.5. The summed E-state index contributed by atoms with van der Waals surface area (Å²) in [5, 5.41) is 22.5. The van der Waals surface area contributed by atoms with Crippen molar-refractivity contribution in [2.75, 3.05) is 12.5 Å². The van der Waals surface area contributed by atoms with Crippen molar-refractivity contribution in [2.45, 2.75) is 24.7 Å². The Morgan fingerprint density at radius 1 is 0.959 bits per heavy atom. The van der Waals surface area contributed by atoms with Gasteiger partial charge in [-0.3, -0.25) is 29.8 Å². The van der Waals surface area contributed by atoms with Gasteiger partial charge in [-0.15, -0.1) is 0 Å². The molecule has 3 aromatic carbocycles. The van der Waals surface area contributed by atoms with Crippen molar-refractivity contribution in [2.24, 2.45) is 29.6 Å². The van der Waals surface area contributed by atoms with Crippen LogP contribution in [0.4, 0.5) is 5.69 Å². The maximum atomic E-state index is 15.3. The summed E-state index contributed by atoms with van der Waals surface area (Å²) in [5.41, 5.74) is 4.22. The highest BCUT2D eigenvalue weighted by molar-refractivity contribution is 6.36. The topological polar surface area (TPSA) is 146 Å². The van der Waals surface area contributed by atoms with Crippen LogP contribution < -0.4 is 14.9 Å². The largest absolute Gasteiger partial charge is 0.508 e. The monoisotopic (exact) mass is 701 g/mol. The van der Waals surface area contributed by atoms with Crippen molar-refractivity contribution in [3.63, 3.8) is 0 Å². The van der Waals surface area contributed by atoms with Gasteiger partial charge >= 0.3 is 0 Å². The molecule has 3 fully saturated rings. The van der Waals surface area contributed by atoms with Crippen LogP contribution >= 0.6 is 23.2 Å². The maximum Gasteiger partial charge on any atom is 0.260 e. The van der Waals surface area contributed by atoms with Gasteiger partial charge in [0, 0.05) is 22.9 Å². The fourth-order valence-electron chi connectivity index (χ4n) is 8.64. The average molecular weight is 703 g/mol. The zero-order chi connectivity index (χ0) is 34.4. The van der Waals surface area contributed by atoms with Gasteiger partial charge in [0.05, 0.1) is 47.3 Å². The van der Waals surface area contributed by atoms with Gasteiger partial charge in [-0.25, -0.2) is 0 Å². The quantitative estimate of drug-likeness (QED) is 0.180. The van der Waals surface area contributed by atoms with Gasteiger partial charge in [0.25, 0.3) is 23.6 Å². The highest BCUT2D eigenvalue weighted by Gasteiger charge is 2.70. The lowest BCUT2D eigenvalue weighted by Crippen LogP contribution is -2.55. The van der Waals surface area contributed by atoms with Crippen molar-refractivity contribution in [3.05, 3.63) is 105 Å². The number of hydrazine groups is 1. The minimum Gasteiger partial charge on any atom is -0.508 e. The predicted octanol–water partition coefficient (Wildman–Crippen LogP) is 5.43. The molecule has 0 bridgehead atoms. The molecule has 0 aromatic heterocycles. The van der Waals surface area contributed by atoms with Crippen LogP contribution in [0.3, 0.4) is 0 Å². The Balaban J connectivity index is 1.35. The van der Waals surface area contributed by atoms with Crippen LogP contribution in [-0.4, -0.2) is 51.1 Å². The number of benzene rings is 3. The van der Waals surface area contributed by atoms with E-state index in [4.69, 9.17) is 32.7 Å². The predicted molar refractivity (Wildman–Crippen MR) is 176 cm³/mol. The number of hydrogen-bond donors (Lipinski definition) is 3. The molecular formula is C36H29Cl2N3O8. The second-order valence-corrected chi connectivity index (χ2v) is 13.8. The number of anilines is 1. The molecule has 13 heteroatoms. The van der Waals surface area contributed by atoms with Gasteiger partial charge in [0.15, 0.2) is 0 Å². The first-order valence-electron chi connectivity index (χ1n) is 15.7. The van der Waals surface area contributed by atoms with E-state index in [2.05, 4.69) is 5.43 Å². The Labute approximate surface area is 290 Å². The number of methoxy groups -OCH3 is 1. The summed E-state index contributed by atoms with van der Waals surface area (Å²) in [5.74, 6) is -5.65. The summed E-state index contributed by atoms with van der Waals surface area (Å²) in [7, 11) is 1.53. The van der Waals surface area contributed by atoms with Crippen LogP contribution in [0.5, 0.6) is 17.2 Å². The number of amides is 4. The van der Waals surface area contributed by atoms with Gasteiger partial charge in [-0.05, 0) is 78.4 Å². The van der Waals surface area contributed by atoms with Crippen LogP contribution in [0, 0.1) is 29.6 Å². The van der Waals surface area contributed by atoms with Gasteiger partial charge in [0.1, 0.15) is 17.2 Å². The van der Waals surface area contributed by atoms with Crippen molar-refractivity contribution < 1.29 is 39.0 Å². The van der Waals surface area contributed by atoms with Crippen LogP contribution in [-0.2, 0) is 31.0 Å². The van der Waals surface area contributed by atoms with E-state index in [1.165, 1.54) is 19.2 Å². The number of halogens is 2. The number of fused-ring (bicyclic) bond motifs is 5. The van der Waals surface area contributed by atoms with Gasteiger partial charge in [-0.1, -0.05) is 47.0 Å². The Hall–Kier alpha value is -4.84. The molecule has 3 aliphatic heterocycles. The lowest BCUT2D eigenvalue weighted by Gasteiger charge is -2.51. The summed E-state index contributed by atoms with van der Waals surface area (Å²) < 4.78 is 11.5. The molecule has 1 saturated carbocycles. The Kier molecular flexibility index (Phi) is 7.29. The molecule has 11 nitrogen and oxygen atoms in total. The molecular weight excluding hydrogens is 673 g/mol. The number of carbonyl (C=O) groups excluding carboxylic acids is 4. The Bertz CT molecular complexity index is 2030. The molecule has 2 aliphatic carbocycles. The first-order valence-corrected chi connectivity index (χ1v) is 16.5. The van der Waals surface area contributed by atoms with Crippen LogP contribution in [0.15, 0.2) is 84.1 Å². The van der Waals surface area contributed by atoms with Crippen molar-refractivity contribution in [3.8, 4) is 17.2 Å². The van der Waals surface area contributed by atoms with Crippen LogP contribution in [0.25, 0.3) is 0 Å². The third-order valence-corrected chi connectivity index (χ3v) is 11.3. The molecule has 3 N–H and O–H groups in total. The number of ether oxygens (including phenoxy) is 2. The number of nitrogens with zero attached hydrogens (tertiary/aromatic N) is 2. The Morgan fingerprint density at radius 3 is 2.47 bits per heavy atom. The average Bonchev–Trinajstić information content (AvgIpc) is 3.45. The lowest BCUT2D eigenvalue weighted by molar-refractivity contribution is -0.173. The fraction of sp³-hybridized carbons (Fsp3) is 0.278. The highest BCUT2D eigenvalue weighted by Crippen LogP contribution is 2.63. The number of aromatic hydroxyl groups is 1. The van der Waals surface area contributed by atoms with E-state index >= 15 is 4.79 Å². The molecule has 0 radical (unpaired) electrons. The number of nitrogens with one attached hydrogen (secondary N) is 1. The molecule has 3 aromatic rings. The molecule has 8 rings (SSSR count). The zero-order valence-electron chi connectivity index (χ0n) is 25.9. The second-order valence-electron chi connectivity index (χ2n) is 13.0.